The second-order valence-corrected chi connectivity index (χ2v) is 4.76. The summed E-state index contributed by atoms with van der Waals surface area (Å²) in [5.41, 5.74) is 1.39. The molecule has 2 rings (SSSR count). The van der Waals surface area contributed by atoms with Crippen molar-refractivity contribution in [2.45, 2.75) is 6.42 Å². The van der Waals surface area contributed by atoms with Crippen LogP contribution in [0.5, 0.6) is 5.75 Å². The number of ether oxygens (including phenoxy) is 2. The lowest BCUT2D eigenvalue weighted by Crippen LogP contribution is -2.15. The highest BCUT2D eigenvalue weighted by atomic mass is 19.1. The van der Waals surface area contributed by atoms with Crippen LogP contribution in [-0.4, -0.2) is 26.1 Å². The molecule has 0 aliphatic heterocycles. The van der Waals surface area contributed by atoms with Crippen LogP contribution in [0.1, 0.15) is 15.9 Å². The van der Waals surface area contributed by atoms with Crippen molar-refractivity contribution in [3.05, 3.63) is 59.4 Å². The van der Waals surface area contributed by atoms with Gasteiger partial charge in [-0.15, -0.1) is 0 Å². The smallest absolute Gasteiger partial charge is 0.337 e. The first kappa shape index (κ1) is 16.5. The third kappa shape index (κ3) is 4.29. The largest absolute Gasteiger partial charge is 0.495 e. The number of rotatable bonds is 5. The molecule has 0 aliphatic rings. The number of hydrogen-bond acceptors (Lipinski definition) is 4. The van der Waals surface area contributed by atoms with E-state index in [9.17, 15) is 14.0 Å². The second-order valence-electron chi connectivity index (χ2n) is 4.76. The van der Waals surface area contributed by atoms with Gasteiger partial charge >= 0.3 is 5.97 Å². The number of benzene rings is 2. The van der Waals surface area contributed by atoms with Gasteiger partial charge in [-0.1, -0.05) is 12.1 Å². The van der Waals surface area contributed by atoms with Gasteiger partial charge in [-0.3, -0.25) is 4.79 Å². The highest BCUT2D eigenvalue weighted by molar-refractivity contribution is 5.94. The fraction of sp³-hybridized carbons (Fsp3) is 0.176. The first-order valence-electron chi connectivity index (χ1n) is 6.84. The van der Waals surface area contributed by atoms with Crippen LogP contribution in [0, 0.1) is 5.82 Å². The average molecular weight is 317 g/mol. The van der Waals surface area contributed by atoms with Crippen LogP contribution in [0.15, 0.2) is 42.5 Å². The van der Waals surface area contributed by atoms with Gasteiger partial charge in [0.05, 0.1) is 31.9 Å². The maximum absolute atomic E-state index is 13.3. The predicted octanol–water partition coefficient (Wildman–Crippen LogP) is 2.80. The van der Waals surface area contributed by atoms with Crippen molar-refractivity contribution >= 4 is 17.6 Å². The zero-order chi connectivity index (χ0) is 16.8. The Labute approximate surface area is 133 Å². The van der Waals surface area contributed by atoms with Gasteiger partial charge in [-0.05, 0) is 29.8 Å². The third-order valence-corrected chi connectivity index (χ3v) is 3.18. The van der Waals surface area contributed by atoms with Crippen molar-refractivity contribution in [1.82, 2.24) is 0 Å². The molecular formula is C17H16FNO4. The van der Waals surface area contributed by atoms with Crippen LogP contribution in [0.3, 0.4) is 0 Å². The number of carbonyl (C=O) groups excluding carboxylic acids is 2. The average Bonchev–Trinajstić information content (AvgIpc) is 2.55. The fourth-order valence-electron chi connectivity index (χ4n) is 2.03. The second kappa shape index (κ2) is 7.40. The van der Waals surface area contributed by atoms with Crippen molar-refractivity contribution in [3.8, 4) is 5.75 Å². The lowest BCUT2D eigenvalue weighted by Gasteiger charge is -2.10. The zero-order valence-electron chi connectivity index (χ0n) is 12.8. The van der Waals surface area contributed by atoms with E-state index < -0.39 is 11.8 Å². The van der Waals surface area contributed by atoms with Gasteiger partial charge < -0.3 is 14.8 Å². The minimum atomic E-state index is -0.469. The fourth-order valence-corrected chi connectivity index (χ4v) is 2.03. The monoisotopic (exact) mass is 317 g/mol. The molecule has 2 aromatic rings. The Morgan fingerprint density at radius 3 is 2.39 bits per heavy atom. The number of methoxy groups -OCH3 is 2. The van der Waals surface area contributed by atoms with E-state index in [0.29, 0.717) is 16.9 Å². The van der Waals surface area contributed by atoms with Gasteiger partial charge in [0.2, 0.25) is 5.91 Å². The molecule has 0 aliphatic carbocycles. The molecule has 0 spiro atoms. The van der Waals surface area contributed by atoms with E-state index in [1.807, 2.05) is 0 Å². The third-order valence-electron chi connectivity index (χ3n) is 3.18. The molecule has 0 saturated carbocycles. The highest BCUT2D eigenvalue weighted by Crippen LogP contribution is 2.25. The molecular weight excluding hydrogens is 301 g/mol. The summed E-state index contributed by atoms with van der Waals surface area (Å²) in [4.78, 5) is 23.4. The van der Waals surface area contributed by atoms with Crippen molar-refractivity contribution in [2.75, 3.05) is 19.5 Å². The lowest BCUT2D eigenvalue weighted by atomic mass is 10.1. The minimum absolute atomic E-state index is 0.0844. The molecule has 0 radical (unpaired) electrons. The van der Waals surface area contributed by atoms with Gasteiger partial charge in [0, 0.05) is 6.07 Å². The van der Waals surface area contributed by atoms with Crippen LogP contribution in [0.25, 0.3) is 0 Å². The number of hydrogen-bond donors (Lipinski definition) is 1. The Morgan fingerprint density at radius 2 is 1.78 bits per heavy atom. The maximum atomic E-state index is 13.3. The molecule has 23 heavy (non-hydrogen) atoms. The molecule has 0 heterocycles. The van der Waals surface area contributed by atoms with Gasteiger partial charge in [-0.2, -0.15) is 0 Å². The maximum Gasteiger partial charge on any atom is 0.337 e. The summed E-state index contributed by atoms with van der Waals surface area (Å²) in [6.45, 7) is 0. The zero-order valence-corrected chi connectivity index (χ0v) is 12.8. The van der Waals surface area contributed by atoms with Crippen LogP contribution in [0.2, 0.25) is 0 Å². The van der Waals surface area contributed by atoms with E-state index in [-0.39, 0.29) is 18.0 Å². The first-order valence-corrected chi connectivity index (χ1v) is 6.84. The number of anilines is 1. The van der Waals surface area contributed by atoms with E-state index in [0.717, 1.165) is 0 Å². The Bertz CT molecular complexity index is 713. The number of carbonyl (C=O) groups is 2. The molecule has 5 nitrogen and oxygen atoms in total. The molecule has 0 saturated heterocycles. The van der Waals surface area contributed by atoms with E-state index in [1.165, 1.54) is 32.4 Å². The number of halogens is 1. The predicted molar refractivity (Wildman–Crippen MR) is 83.1 cm³/mol. The molecule has 0 bridgehead atoms. The Kier molecular flexibility index (Phi) is 5.30. The molecule has 0 atom stereocenters. The van der Waals surface area contributed by atoms with Crippen LogP contribution in [0.4, 0.5) is 10.1 Å². The molecule has 1 amide bonds. The normalized spacial score (nSPS) is 10.0. The molecule has 2 aromatic carbocycles. The Hall–Kier alpha value is -2.89. The topological polar surface area (TPSA) is 64.6 Å². The summed E-state index contributed by atoms with van der Waals surface area (Å²) >= 11 is 0. The highest BCUT2D eigenvalue weighted by Gasteiger charge is 2.10. The van der Waals surface area contributed by atoms with Crippen LogP contribution >= 0.6 is 0 Å². The van der Waals surface area contributed by atoms with Crippen LogP contribution in [-0.2, 0) is 16.0 Å². The van der Waals surface area contributed by atoms with E-state index in [2.05, 4.69) is 10.1 Å². The van der Waals surface area contributed by atoms with E-state index >= 15 is 0 Å². The summed E-state index contributed by atoms with van der Waals surface area (Å²) in [5, 5.41) is 2.60. The number of amides is 1. The number of esters is 1. The summed E-state index contributed by atoms with van der Waals surface area (Å²) in [6.07, 6.45) is 0.0844. The summed E-state index contributed by atoms with van der Waals surface area (Å²) in [6, 6.07) is 10.4. The van der Waals surface area contributed by atoms with E-state index in [1.54, 1.807) is 24.3 Å². The molecule has 120 valence electrons. The SMILES string of the molecule is COC(=O)c1ccc(CC(=O)Nc2cc(F)ccc2OC)cc1. The first-order chi connectivity index (χ1) is 11.0. The van der Waals surface area contributed by atoms with Gasteiger partial charge in [0.15, 0.2) is 0 Å². The van der Waals surface area contributed by atoms with Crippen molar-refractivity contribution in [1.29, 1.82) is 0 Å². The van der Waals surface area contributed by atoms with E-state index in [4.69, 9.17) is 4.74 Å². The summed E-state index contributed by atoms with van der Waals surface area (Å²) in [5.74, 6) is -0.852. The lowest BCUT2D eigenvalue weighted by molar-refractivity contribution is -0.115. The standard InChI is InChI=1S/C17H16FNO4/c1-22-15-8-7-13(18)10-14(15)19-16(20)9-11-3-5-12(6-4-11)17(21)23-2/h3-8,10H,9H2,1-2H3,(H,19,20). The summed E-state index contributed by atoms with van der Waals surface area (Å²) < 4.78 is 22.9. The van der Waals surface area contributed by atoms with Crippen molar-refractivity contribution < 1.29 is 23.5 Å². The van der Waals surface area contributed by atoms with Gasteiger partial charge in [0.1, 0.15) is 11.6 Å². The quantitative estimate of drug-likeness (QED) is 0.861. The summed E-state index contributed by atoms with van der Waals surface area (Å²) in [7, 11) is 2.74. The molecule has 0 unspecified atom stereocenters. The minimum Gasteiger partial charge on any atom is -0.495 e. The Balaban J connectivity index is 2.05. The van der Waals surface area contributed by atoms with Gasteiger partial charge in [0.25, 0.3) is 0 Å². The van der Waals surface area contributed by atoms with Crippen LogP contribution < -0.4 is 10.1 Å². The van der Waals surface area contributed by atoms with Crippen molar-refractivity contribution in [3.63, 3.8) is 0 Å². The molecule has 0 aromatic heterocycles. The number of nitrogens with one attached hydrogen (secondary N) is 1. The molecule has 6 heteroatoms. The van der Waals surface area contributed by atoms with Gasteiger partial charge in [-0.25, -0.2) is 9.18 Å². The molecule has 1 N–H and O–H groups in total. The Morgan fingerprint density at radius 1 is 1.09 bits per heavy atom. The van der Waals surface area contributed by atoms with Crippen molar-refractivity contribution in [2.24, 2.45) is 0 Å². The molecule has 0 fully saturated rings.